The van der Waals surface area contributed by atoms with Crippen molar-refractivity contribution in [2.45, 2.75) is 4.58 Å². The monoisotopic (exact) mass is 442 g/mol. The van der Waals surface area contributed by atoms with Crippen molar-refractivity contribution in [1.29, 1.82) is 0 Å². The van der Waals surface area contributed by atoms with E-state index < -0.39 is 5.97 Å². The first-order chi connectivity index (χ1) is 11.7. The summed E-state index contributed by atoms with van der Waals surface area (Å²) in [6.07, 6.45) is 3.17. The standard InChI is InChI=1S/C17H15BrO3S3/c1-20-14-10-11(17-22-8-9-23-17)2-5-13(14)21-16(19)7-4-12-3-6-15(18)24-12/h2-7,10,17H,8-9H2,1H3/b7-4+. The van der Waals surface area contributed by atoms with Crippen LogP contribution >= 0.6 is 50.8 Å². The minimum Gasteiger partial charge on any atom is -0.493 e. The summed E-state index contributed by atoms with van der Waals surface area (Å²) < 4.78 is 12.3. The molecule has 0 bridgehead atoms. The summed E-state index contributed by atoms with van der Waals surface area (Å²) in [5, 5.41) is 0. The summed E-state index contributed by atoms with van der Waals surface area (Å²) in [4.78, 5) is 13.0. The highest BCUT2D eigenvalue weighted by molar-refractivity contribution is 9.11. The van der Waals surface area contributed by atoms with Gasteiger partial charge in [-0.2, -0.15) is 0 Å². The molecule has 0 N–H and O–H groups in total. The van der Waals surface area contributed by atoms with Crippen molar-refractivity contribution in [2.75, 3.05) is 18.6 Å². The lowest BCUT2D eigenvalue weighted by Gasteiger charge is -2.13. The number of carbonyl (C=O) groups excluding carboxylic acids is 1. The van der Waals surface area contributed by atoms with Crippen molar-refractivity contribution < 1.29 is 14.3 Å². The fourth-order valence-electron chi connectivity index (χ4n) is 2.18. The van der Waals surface area contributed by atoms with Gasteiger partial charge in [-0.15, -0.1) is 34.9 Å². The number of halogens is 1. The highest BCUT2D eigenvalue weighted by atomic mass is 79.9. The summed E-state index contributed by atoms with van der Waals surface area (Å²) in [5.74, 6) is 2.93. The minimum absolute atomic E-state index is 0.421. The summed E-state index contributed by atoms with van der Waals surface area (Å²) in [7, 11) is 1.59. The molecule has 1 saturated heterocycles. The number of esters is 1. The van der Waals surface area contributed by atoms with Crippen molar-refractivity contribution in [2.24, 2.45) is 0 Å². The molecule has 0 atom stereocenters. The van der Waals surface area contributed by atoms with Crippen LogP contribution in [-0.4, -0.2) is 24.6 Å². The first-order valence-corrected chi connectivity index (χ1v) is 10.9. The normalized spacial score (nSPS) is 15.1. The van der Waals surface area contributed by atoms with Crippen LogP contribution in [0.5, 0.6) is 11.5 Å². The van der Waals surface area contributed by atoms with Gasteiger partial charge in [0.15, 0.2) is 11.5 Å². The molecule has 1 aromatic carbocycles. The first kappa shape index (κ1) is 17.9. The van der Waals surface area contributed by atoms with Crippen molar-refractivity contribution in [3.63, 3.8) is 0 Å². The smallest absolute Gasteiger partial charge is 0.336 e. The van der Waals surface area contributed by atoms with Gasteiger partial charge in [0.2, 0.25) is 0 Å². The summed E-state index contributed by atoms with van der Waals surface area (Å²) in [5.41, 5.74) is 1.19. The van der Waals surface area contributed by atoms with Gasteiger partial charge >= 0.3 is 5.97 Å². The molecule has 1 aliphatic heterocycles. The summed E-state index contributed by atoms with van der Waals surface area (Å²) in [6, 6.07) is 9.64. The molecular weight excluding hydrogens is 428 g/mol. The zero-order valence-electron chi connectivity index (χ0n) is 12.9. The van der Waals surface area contributed by atoms with Gasteiger partial charge in [0.1, 0.15) is 0 Å². The fourth-order valence-corrected chi connectivity index (χ4v) is 6.34. The second-order valence-electron chi connectivity index (χ2n) is 4.88. The second-order valence-corrected chi connectivity index (χ2v) is 10.1. The van der Waals surface area contributed by atoms with Gasteiger partial charge < -0.3 is 9.47 Å². The SMILES string of the molecule is COc1cc(C2SCCS2)ccc1OC(=O)/C=C/c1ccc(Br)s1. The van der Waals surface area contributed by atoms with Crippen LogP contribution in [0.25, 0.3) is 6.08 Å². The van der Waals surface area contributed by atoms with Crippen molar-refractivity contribution in [3.05, 3.63) is 50.6 Å². The summed E-state index contributed by atoms with van der Waals surface area (Å²) in [6.45, 7) is 0. The predicted octanol–water partition coefficient (Wildman–Crippen LogP) is 5.62. The Hall–Kier alpha value is -0.890. The number of rotatable bonds is 5. The Bertz CT molecular complexity index is 751. The van der Waals surface area contributed by atoms with Crippen LogP contribution in [0.3, 0.4) is 0 Å². The van der Waals surface area contributed by atoms with Crippen LogP contribution < -0.4 is 9.47 Å². The zero-order valence-corrected chi connectivity index (χ0v) is 16.9. The van der Waals surface area contributed by atoms with E-state index in [4.69, 9.17) is 9.47 Å². The first-order valence-electron chi connectivity index (χ1n) is 7.22. The molecule has 3 nitrogen and oxygen atoms in total. The van der Waals surface area contributed by atoms with Crippen molar-refractivity contribution >= 4 is 62.8 Å². The van der Waals surface area contributed by atoms with Crippen LogP contribution in [0, 0.1) is 0 Å². The van der Waals surface area contributed by atoms with E-state index in [1.165, 1.54) is 11.6 Å². The molecular formula is C17H15BrO3S3. The Morgan fingerprint density at radius 2 is 2.00 bits per heavy atom. The number of ether oxygens (including phenoxy) is 2. The van der Waals surface area contributed by atoms with E-state index in [2.05, 4.69) is 15.9 Å². The molecule has 2 heterocycles. The topological polar surface area (TPSA) is 35.5 Å². The maximum absolute atomic E-state index is 12.0. The van der Waals surface area contributed by atoms with E-state index in [0.29, 0.717) is 16.1 Å². The van der Waals surface area contributed by atoms with Gasteiger partial charge in [0, 0.05) is 22.5 Å². The molecule has 2 aromatic rings. The second kappa shape index (κ2) is 8.47. The molecule has 0 amide bonds. The number of thiophene rings is 1. The van der Waals surface area contributed by atoms with Crippen LogP contribution in [-0.2, 0) is 4.79 Å². The number of methoxy groups -OCH3 is 1. The largest absolute Gasteiger partial charge is 0.493 e. The van der Waals surface area contributed by atoms with E-state index in [1.807, 2.05) is 47.8 Å². The third-order valence-corrected chi connectivity index (χ3v) is 7.96. The molecule has 3 rings (SSSR count). The average molecular weight is 443 g/mol. The Balaban J connectivity index is 1.69. The molecule has 24 heavy (non-hydrogen) atoms. The lowest BCUT2D eigenvalue weighted by atomic mass is 10.2. The molecule has 7 heteroatoms. The molecule has 0 radical (unpaired) electrons. The third-order valence-electron chi connectivity index (χ3n) is 3.27. The lowest BCUT2D eigenvalue weighted by Crippen LogP contribution is -2.05. The number of thioether (sulfide) groups is 2. The summed E-state index contributed by atoms with van der Waals surface area (Å²) >= 11 is 8.80. The van der Waals surface area contributed by atoms with Gasteiger partial charge in [-0.1, -0.05) is 6.07 Å². The van der Waals surface area contributed by atoms with Gasteiger partial charge in [0.25, 0.3) is 0 Å². The zero-order chi connectivity index (χ0) is 16.9. The van der Waals surface area contributed by atoms with Crippen LogP contribution in [0.15, 0.2) is 40.2 Å². The molecule has 126 valence electrons. The maximum Gasteiger partial charge on any atom is 0.336 e. The third kappa shape index (κ3) is 4.59. The van der Waals surface area contributed by atoms with Crippen LogP contribution in [0.4, 0.5) is 0 Å². The highest BCUT2D eigenvalue weighted by Gasteiger charge is 2.20. The molecule has 1 fully saturated rings. The van der Waals surface area contributed by atoms with E-state index >= 15 is 0 Å². The van der Waals surface area contributed by atoms with Crippen molar-refractivity contribution in [3.8, 4) is 11.5 Å². The molecule has 0 spiro atoms. The number of hydrogen-bond acceptors (Lipinski definition) is 6. The van der Waals surface area contributed by atoms with Gasteiger partial charge in [-0.3, -0.25) is 0 Å². The number of hydrogen-bond donors (Lipinski definition) is 0. The maximum atomic E-state index is 12.0. The molecule has 1 aromatic heterocycles. The molecule has 0 unspecified atom stereocenters. The van der Waals surface area contributed by atoms with E-state index in [0.717, 1.165) is 20.2 Å². The molecule has 1 aliphatic rings. The number of benzene rings is 1. The Morgan fingerprint density at radius 3 is 2.67 bits per heavy atom. The average Bonchev–Trinajstić information content (AvgIpc) is 3.25. The minimum atomic E-state index is -0.421. The van der Waals surface area contributed by atoms with E-state index in [9.17, 15) is 4.79 Å². The Labute approximate surface area is 161 Å². The lowest BCUT2D eigenvalue weighted by molar-refractivity contribution is -0.129. The molecule has 0 saturated carbocycles. The Morgan fingerprint density at radius 1 is 1.21 bits per heavy atom. The van der Waals surface area contributed by atoms with Gasteiger partial charge in [-0.25, -0.2) is 4.79 Å². The van der Waals surface area contributed by atoms with E-state index in [-0.39, 0.29) is 0 Å². The van der Waals surface area contributed by atoms with Crippen molar-refractivity contribution in [1.82, 2.24) is 0 Å². The fraction of sp³-hybridized carbons (Fsp3) is 0.235. The van der Waals surface area contributed by atoms with Crippen LogP contribution in [0.2, 0.25) is 0 Å². The van der Waals surface area contributed by atoms with Crippen LogP contribution in [0.1, 0.15) is 15.0 Å². The predicted molar refractivity (Wildman–Crippen MR) is 107 cm³/mol. The van der Waals surface area contributed by atoms with Gasteiger partial charge in [-0.05, 0) is 51.8 Å². The van der Waals surface area contributed by atoms with E-state index in [1.54, 1.807) is 30.6 Å². The quantitative estimate of drug-likeness (QED) is 0.341. The highest BCUT2D eigenvalue weighted by Crippen LogP contribution is 2.46. The number of carbonyl (C=O) groups is 1. The Kier molecular flexibility index (Phi) is 6.32. The van der Waals surface area contributed by atoms with Gasteiger partial charge in [0.05, 0.1) is 15.5 Å². The molecule has 0 aliphatic carbocycles.